The summed E-state index contributed by atoms with van der Waals surface area (Å²) in [6.45, 7) is 3.01. The molecule has 0 aliphatic rings. The minimum absolute atomic E-state index is 0.00801. The van der Waals surface area contributed by atoms with E-state index >= 15 is 0 Å². The Bertz CT molecular complexity index is 642. The zero-order valence-electron chi connectivity index (χ0n) is 10.9. The predicted octanol–water partition coefficient (Wildman–Crippen LogP) is 2.20. The lowest BCUT2D eigenvalue weighted by atomic mass is 10.3. The van der Waals surface area contributed by atoms with E-state index in [1.165, 1.54) is 12.1 Å². The SMILES string of the molecule is CCOC(=O)c1nc(C)oc1-c1ccc(C[N+](=O)[O-])o1. The second-order valence-electron chi connectivity index (χ2n) is 3.89. The van der Waals surface area contributed by atoms with Gasteiger partial charge >= 0.3 is 5.97 Å². The predicted molar refractivity (Wildman–Crippen MR) is 65.6 cm³/mol. The van der Waals surface area contributed by atoms with Crippen molar-refractivity contribution in [2.75, 3.05) is 6.61 Å². The fourth-order valence-electron chi connectivity index (χ4n) is 1.64. The quantitative estimate of drug-likeness (QED) is 0.469. The summed E-state index contributed by atoms with van der Waals surface area (Å²) in [5, 5.41) is 10.4. The number of aryl methyl sites for hydroxylation is 1. The highest BCUT2D eigenvalue weighted by Gasteiger charge is 2.24. The van der Waals surface area contributed by atoms with Crippen LogP contribution in [0.15, 0.2) is 21.0 Å². The van der Waals surface area contributed by atoms with E-state index in [1.807, 2.05) is 0 Å². The molecule has 0 fully saturated rings. The molecular weight excluding hydrogens is 268 g/mol. The van der Waals surface area contributed by atoms with Gasteiger partial charge in [0.1, 0.15) is 0 Å². The lowest BCUT2D eigenvalue weighted by Gasteiger charge is -1.98. The highest BCUT2D eigenvalue weighted by molar-refractivity contribution is 5.93. The molecule has 2 rings (SSSR count). The fourth-order valence-corrected chi connectivity index (χ4v) is 1.64. The van der Waals surface area contributed by atoms with Crippen molar-refractivity contribution in [3.05, 3.63) is 39.6 Å². The number of aromatic nitrogens is 1. The maximum Gasteiger partial charge on any atom is 0.361 e. The number of furan rings is 1. The Morgan fingerprint density at radius 3 is 2.85 bits per heavy atom. The van der Waals surface area contributed by atoms with Gasteiger partial charge in [0, 0.05) is 11.8 Å². The Morgan fingerprint density at radius 2 is 2.20 bits per heavy atom. The average molecular weight is 280 g/mol. The van der Waals surface area contributed by atoms with E-state index in [9.17, 15) is 14.9 Å². The van der Waals surface area contributed by atoms with Gasteiger partial charge in [-0.3, -0.25) is 10.1 Å². The van der Waals surface area contributed by atoms with E-state index in [0.717, 1.165) is 0 Å². The Hall–Kier alpha value is -2.64. The number of nitro groups is 1. The first-order chi connectivity index (χ1) is 9.51. The van der Waals surface area contributed by atoms with E-state index in [2.05, 4.69) is 4.98 Å². The van der Waals surface area contributed by atoms with Gasteiger partial charge in [0.15, 0.2) is 23.1 Å². The standard InChI is InChI=1S/C12H12N2O6/c1-3-18-12(15)10-11(19-7(2)13-10)9-5-4-8(20-9)6-14(16)17/h4-5H,3,6H2,1-2H3. The van der Waals surface area contributed by atoms with Crippen LogP contribution in [0.2, 0.25) is 0 Å². The molecule has 0 saturated carbocycles. The van der Waals surface area contributed by atoms with Crippen molar-refractivity contribution in [1.82, 2.24) is 4.98 Å². The van der Waals surface area contributed by atoms with Gasteiger partial charge in [0.25, 0.3) is 6.54 Å². The first-order valence-electron chi connectivity index (χ1n) is 5.86. The van der Waals surface area contributed by atoms with Crippen molar-refractivity contribution in [2.45, 2.75) is 20.4 Å². The zero-order valence-corrected chi connectivity index (χ0v) is 10.9. The maximum atomic E-state index is 11.7. The summed E-state index contributed by atoms with van der Waals surface area (Å²) in [7, 11) is 0. The topological polar surface area (TPSA) is 109 Å². The third-order valence-corrected chi connectivity index (χ3v) is 2.37. The van der Waals surface area contributed by atoms with Crippen LogP contribution in [-0.4, -0.2) is 22.5 Å². The smallest absolute Gasteiger partial charge is 0.361 e. The Kier molecular flexibility index (Phi) is 3.83. The third-order valence-electron chi connectivity index (χ3n) is 2.37. The molecule has 0 aromatic carbocycles. The number of oxazole rings is 1. The number of esters is 1. The molecular formula is C12H12N2O6. The summed E-state index contributed by atoms with van der Waals surface area (Å²) < 4.78 is 15.5. The minimum atomic E-state index is -0.633. The summed E-state index contributed by atoms with van der Waals surface area (Å²) in [6.07, 6.45) is 0. The van der Waals surface area contributed by atoms with Crippen LogP contribution in [0.1, 0.15) is 29.1 Å². The van der Waals surface area contributed by atoms with Crippen molar-refractivity contribution in [3.63, 3.8) is 0 Å². The van der Waals surface area contributed by atoms with Crippen LogP contribution in [0.4, 0.5) is 0 Å². The van der Waals surface area contributed by atoms with Crippen molar-refractivity contribution in [3.8, 4) is 11.5 Å². The molecule has 0 unspecified atom stereocenters. The van der Waals surface area contributed by atoms with Crippen LogP contribution in [0.5, 0.6) is 0 Å². The molecule has 0 radical (unpaired) electrons. The number of carbonyl (C=O) groups excluding carboxylic acids is 1. The number of hydrogen-bond donors (Lipinski definition) is 0. The lowest BCUT2D eigenvalue weighted by molar-refractivity contribution is -0.499. The maximum absolute atomic E-state index is 11.7. The summed E-state index contributed by atoms with van der Waals surface area (Å²) in [5.74, 6) is 0.108. The Labute approximate surface area is 113 Å². The van der Waals surface area contributed by atoms with Gasteiger partial charge in [-0.2, -0.15) is 0 Å². The van der Waals surface area contributed by atoms with E-state index < -0.39 is 17.4 Å². The fraction of sp³-hybridized carbons (Fsp3) is 0.333. The van der Waals surface area contributed by atoms with Crippen molar-refractivity contribution < 1.29 is 23.3 Å². The summed E-state index contributed by atoms with van der Waals surface area (Å²) in [6, 6.07) is 2.94. The molecule has 2 aromatic heterocycles. The van der Waals surface area contributed by atoms with Crippen LogP contribution >= 0.6 is 0 Å². The van der Waals surface area contributed by atoms with Crippen LogP contribution < -0.4 is 0 Å². The molecule has 0 saturated heterocycles. The molecule has 0 N–H and O–H groups in total. The minimum Gasteiger partial charge on any atom is -0.461 e. The van der Waals surface area contributed by atoms with E-state index in [1.54, 1.807) is 13.8 Å². The number of nitrogens with zero attached hydrogens (tertiary/aromatic N) is 2. The molecule has 0 atom stereocenters. The van der Waals surface area contributed by atoms with Gasteiger partial charge in [-0.05, 0) is 19.1 Å². The van der Waals surface area contributed by atoms with Crippen molar-refractivity contribution in [2.24, 2.45) is 0 Å². The molecule has 8 nitrogen and oxygen atoms in total. The summed E-state index contributed by atoms with van der Waals surface area (Å²) in [4.78, 5) is 25.6. The second-order valence-corrected chi connectivity index (χ2v) is 3.89. The number of carbonyl (C=O) groups is 1. The van der Waals surface area contributed by atoms with Gasteiger partial charge in [0.05, 0.1) is 6.61 Å². The molecule has 2 heterocycles. The molecule has 0 aliphatic heterocycles. The molecule has 0 aliphatic carbocycles. The number of rotatable bonds is 5. The van der Waals surface area contributed by atoms with Gasteiger partial charge in [0.2, 0.25) is 5.76 Å². The first kappa shape index (κ1) is 13.8. The van der Waals surface area contributed by atoms with Crippen LogP contribution in [0.25, 0.3) is 11.5 Å². The van der Waals surface area contributed by atoms with E-state index in [4.69, 9.17) is 13.6 Å². The molecule has 8 heteroatoms. The van der Waals surface area contributed by atoms with E-state index in [0.29, 0.717) is 0 Å². The van der Waals surface area contributed by atoms with Crippen LogP contribution in [0, 0.1) is 17.0 Å². The van der Waals surface area contributed by atoms with Crippen molar-refractivity contribution in [1.29, 1.82) is 0 Å². The zero-order chi connectivity index (χ0) is 14.7. The molecule has 0 spiro atoms. The van der Waals surface area contributed by atoms with Crippen LogP contribution in [-0.2, 0) is 11.3 Å². The first-order valence-corrected chi connectivity index (χ1v) is 5.86. The van der Waals surface area contributed by atoms with Gasteiger partial charge in [-0.15, -0.1) is 0 Å². The highest BCUT2D eigenvalue weighted by Crippen LogP contribution is 2.27. The number of ether oxygens (including phenoxy) is 1. The Morgan fingerprint density at radius 1 is 1.45 bits per heavy atom. The third kappa shape index (κ3) is 2.85. The van der Waals surface area contributed by atoms with Gasteiger partial charge in [-0.25, -0.2) is 9.78 Å². The number of hydrogen-bond acceptors (Lipinski definition) is 7. The molecule has 0 amide bonds. The Balaban J connectivity index is 2.34. The molecule has 2 aromatic rings. The second kappa shape index (κ2) is 5.55. The van der Waals surface area contributed by atoms with Crippen LogP contribution in [0.3, 0.4) is 0 Å². The highest BCUT2D eigenvalue weighted by atomic mass is 16.6. The summed E-state index contributed by atoms with van der Waals surface area (Å²) >= 11 is 0. The normalized spacial score (nSPS) is 10.5. The molecule has 20 heavy (non-hydrogen) atoms. The van der Waals surface area contributed by atoms with Gasteiger partial charge in [-0.1, -0.05) is 0 Å². The molecule has 106 valence electrons. The lowest BCUT2D eigenvalue weighted by Crippen LogP contribution is -2.06. The molecule has 0 bridgehead atoms. The largest absolute Gasteiger partial charge is 0.461 e. The van der Waals surface area contributed by atoms with E-state index in [-0.39, 0.29) is 35.5 Å². The monoisotopic (exact) mass is 280 g/mol. The average Bonchev–Trinajstić information content (AvgIpc) is 2.95. The van der Waals surface area contributed by atoms with Crippen molar-refractivity contribution >= 4 is 5.97 Å². The summed E-state index contributed by atoms with van der Waals surface area (Å²) in [5.41, 5.74) is -0.00801. The van der Waals surface area contributed by atoms with Gasteiger partial charge < -0.3 is 13.6 Å².